The van der Waals surface area contributed by atoms with Gasteiger partial charge in [0.25, 0.3) is 0 Å². The van der Waals surface area contributed by atoms with Crippen LogP contribution in [0.2, 0.25) is 0 Å². The van der Waals surface area contributed by atoms with Gasteiger partial charge in [-0.25, -0.2) is 0 Å². The molecule has 0 radical (unpaired) electrons. The second-order valence-corrected chi connectivity index (χ2v) is 6.85. The van der Waals surface area contributed by atoms with E-state index in [9.17, 15) is 4.79 Å². The fraction of sp³-hybridized carbons (Fsp3) is 0.474. The first-order chi connectivity index (χ1) is 11.6. The SMILES string of the molecule is CC(CN(C)C(=O)[C@H]1CNC[C@@H]1c1cnn(C)c1)c1ccccc1. The molecule has 2 aromatic rings. The van der Waals surface area contributed by atoms with Crippen LogP contribution in [0.4, 0.5) is 0 Å². The average Bonchev–Trinajstić information content (AvgIpc) is 3.23. The minimum Gasteiger partial charge on any atom is -0.345 e. The van der Waals surface area contributed by atoms with Gasteiger partial charge in [-0.1, -0.05) is 37.3 Å². The number of hydrogen-bond donors (Lipinski definition) is 1. The monoisotopic (exact) mass is 326 g/mol. The van der Waals surface area contributed by atoms with Crippen LogP contribution in [0.3, 0.4) is 0 Å². The minimum atomic E-state index is -0.0119. The van der Waals surface area contributed by atoms with Gasteiger partial charge < -0.3 is 10.2 Å². The number of carbonyl (C=O) groups is 1. The summed E-state index contributed by atoms with van der Waals surface area (Å²) in [6.07, 6.45) is 3.90. The molecule has 128 valence electrons. The predicted octanol–water partition coefficient (Wildman–Crippen LogP) is 1.99. The van der Waals surface area contributed by atoms with Crippen molar-refractivity contribution in [3.63, 3.8) is 0 Å². The Morgan fingerprint density at radius 2 is 2.12 bits per heavy atom. The van der Waals surface area contributed by atoms with Gasteiger partial charge in [-0.15, -0.1) is 0 Å². The van der Waals surface area contributed by atoms with E-state index in [4.69, 9.17) is 0 Å². The third kappa shape index (κ3) is 3.51. The topological polar surface area (TPSA) is 50.2 Å². The first-order valence-electron chi connectivity index (χ1n) is 8.55. The maximum atomic E-state index is 13.0. The molecule has 1 aromatic heterocycles. The van der Waals surface area contributed by atoms with Gasteiger partial charge >= 0.3 is 0 Å². The summed E-state index contributed by atoms with van der Waals surface area (Å²) in [6.45, 7) is 4.48. The number of nitrogens with one attached hydrogen (secondary N) is 1. The van der Waals surface area contributed by atoms with Gasteiger partial charge in [0.05, 0.1) is 12.1 Å². The highest BCUT2D eigenvalue weighted by atomic mass is 16.2. The highest BCUT2D eigenvalue weighted by Crippen LogP contribution is 2.29. The maximum Gasteiger partial charge on any atom is 0.227 e. The van der Waals surface area contributed by atoms with Crippen molar-refractivity contribution in [2.24, 2.45) is 13.0 Å². The normalized spacial score (nSPS) is 21.6. The molecular weight excluding hydrogens is 300 g/mol. The van der Waals surface area contributed by atoms with Crippen LogP contribution in [0, 0.1) is 5.92 Å². The first-order valence-corrected chi connectivity index (χ1v) is 8.55. The van der Waals surface area contributed by atoms with E-state index in [0.29, 0.717) is 5.92 Å². The van der Waals surface area contributed by atoms with Crippen molar-refractivity contribution in [2.75, 3.05) is 26.7 Å². The molecule has 24 heavy (non-hydrogen) atoms. The lowest BCUT2D eigenvalue weighted by Crippen LogP contribution is -2.38. The summed E-state index contributed by atoms with van der Waals surface area (Å²) in [6, 6.07) is 10.4. The third-order valence-corrected chi connectivity index (χ3v) is 4.98. The molecule has 1 fully saturated rings. The van der Waals surface area contributed by atoms with Crippen LogP contribution in [0.5, 0.6) is 0 Å². The number of rotatable bonds is 5. The molecule has 0 spiro atoms. The Bertz CT molecular complexity index is 682. The molecule has 1 aromatic carbocycles. The Balaban J connectivity index is 1.66. The second-order valence-electron chi connectivity index (χ2n) is 6.85. The molecule has 1 unspecified atom stereocenters. The lowest BCUT2D eigenvalue weighted by atomic mass is 9.89. The van der Waals surface area contributed by atoms with E-state index in [-0.39, 0.29) is 17.7 Å². The van der Waals surface area contributed by atoms with Crippen molar-refractivity contribution in [3.8, 4) is 0 Å². The van der Waals surface area contributed by atoms with Crippen molar-refractivity contribution in [2.45, 2.75) is 18.8 Å². The van der Waals surface area contributed by atoms with E-state index in [1.807, 2.05) is 49.6 Å². The number of likely N-dealkylation sites (N-methyl/N-ethyl adjacent to an activating group) is 1. The molecule has 3 atom stereocenters. The lowest BCUT2D eigenvalue weighted by molar-refractivity contribution is -0.134. The van der Waals surface area contributed by atoms with Gasteiger partial charge in [-0.3, -0.25) is 9.48 Å². The highest BCUT2D eigenvalue weighted by molar-refractivity contribution is 5.80. The van der Waals surface area contributed by atoms with Gasteiger partial charge in [-0.2, -0.15) is 5.10 Å². The summed E-state index contributed by atoms with van der Waals surface area (Å²) >= 11 is 0. The highest BCUT2D eigenvalue weighted by Gasteiger charge is 2.36. The number of carbonyl (C=O) groups excluding carboxylic acids is 1. The summed E-state index contributed by atoms with van der Waals surface area (Å²) in [7, 11) is 3.83. The number of amides is 1. The fourth-order valence-electron chi connectivity index (χ4n) is 3.59. The van der Waals surface area contributed by atoms with Crippen LogP contribution in [0.1, 0.15) is 29.9 Å². The van der Waals surface area contributed by atoms with Crippen molar-refractivity contribution >= 4 is 5.91 Å². The zero-order valence-electron chi connectivity index (χ0n) is 14.6. The molecule has 5 heteroatoms. The molecule has 5 nitrogen and oxygen atoms in total. The fourth-order valence-corrected chi connectivity index (χ4v) is 3.59. The lowest BCUT2D eigenvalue weighted by Gasteiger charge is -2.26. The van der Waals surface area contributed by atoms with Crippen LogP contribution in [0.15, 0.2) is 42.7 Å². The van der Waals surface area contributed by atoms with Crippen LogP contribution in [-0.2, 0) is 11.8 Å². The van der Waals surface area contributed by atoms with Gasteiger partial charge in [0.2, 0.25) is 5.91 Å². The molecule has 1 aliphatic rings. The molecule has 1 amide bonds. The molecular formula is C19H26N4O. The Morgan fingerprint density at radius 1 is 1.38 bits per heavy atom. The van der Waals surface area contributed by atoms with E-state index in [2.05, 4.69) is 29.5 Å². The summed E-state index contributed by atoms with van der Waals surface area (Å²) < 4.78 is 1.80. The van der Waals surface area contributed by atoms with E-state index >= 15 is 0 Å². The van der Waals surface area contributed by atoms with Crippen LogP contribution in [0.25, 0.3) is 0 Å². The molecule has 0 saturated carbocycles. The summed E-state index contributed by atoms with van der Waals surface area (Å²) in [5, 5.41) is 7.62. The quantitative estimate of drug-likeness (QED) is 0.914. The number of hydrogen-bond acceptors (Lipinski definition) is 3. The largest absolute Gasteiger partial charge is 0.345 e. The number of nitrogens with zero attached hydrogens (tertiary/aromatic N) is 3. The predicted molar refractivity (Wildman–Crippen MR) is 94.8 cm³/mol. The van der Waals surface area contributed by atoms with Crippen molar-refractivity contribution < 1.29 is 4.79 Å². The van der Waals surface area contributed by atoms with E-state index < -0.39 is 0 Å². The van der Waals surface area contributed by atoms with Crippen LogP contribution < -0.4 is 5.32 Å². The number of benzene rings is 1. The molecule has 1 aliphatic heterocycles. The molecule has 2 heterocycles. The number of aryl methyl sites for hydroxylation is 1. The Kier molecular flexibility index (Phi) is 5.00. The van der Waals surface area contributed by atoms with Gasteiger partial charge in [0.15, 0.2) is 0 Å². The van der Waals surface area contributed by atoms with E-state index in [0.717, 1.165) is 25.2 Å². The molecule has 1 N–H and O–H groups in total. The third-order valence-electron chi connectivity index (χ3n) is 4.98. The molecule has 1 saturated heterocycles. The van der Waals surface area contributed by atoms with Crippen molar-refractivity contribution in [3.05, 3.63) is 53.9 Å². The van der Waals surface area contributed by atoms with Crippen molar-refractivity contribution in [1.82, 2.24) is 20.0 Å². The molecule has 0 bridgehead atoms. The molecule has 0 aliphatic carbocycles. The van der Waals surface area contributed by atoms with Gasteiger partial charge in [0, 0.05) is 45.8 Å². The zero-order valence-corrected chi connectivity index (χ0v) is 14.6. The standard InChI is InChI=1S/C19H26N4O/c1-14(15-7-5-4-6-8-15)12-22(2)19(24)18-11-20-10-17(18)16-9-21-23(3)13-16/h4-9,13-14,17-18,20H,10-12H2,1-3H3/t14?,17-,18+/m1/s1. The van der Waals surface area contributed by atoms with Crippen LogP contribution in [-0.4, -0.2) is 47.3 Å². The summed E-state index contributed by atoms with van der Waals surface area (Å²) in [4.78, 5) is 14.8. The maximum absolute atomic E-state index is 13.0. The first kappa shape index (κ1) is 16.7. The zero-order chi connectivity index (χ0) is 17.1. The smallest absolute Gasteiger partial charge is 0.227 e. The Morgan fingerprint density at radius 3 is 2.79 bits per heavy atom. The van der Waals surface area contributed by atoms with Crippen molar-refractivity contribution in [1.29, 1.82) is 0 Å². The van der Waals surface area contributed by atoms with E-state index in [1.54, 1.807) is 4.68 Å². The van der Waals surface area contributed by atoms with Gasteiger partial charge in [0.1, 0.15) is 0 Å². The number of aromatic nitrogens is 2. The summed E-state index contributed by atoms with van der Waals surface area (Å²) in [5.74, 6) is 0.742. The Labute approximate surface area is 143 Å². The average molecular weight is 326 g/mol. The van der Waals surface area contributed by atoms with Crippen LogP contribution >= 0.6 is 0 Å². The minimum absolute atomic E-state index is 0.0119. The second kappa shape index (κ2) is 7.18. The molecule has 3 rings (SSSR count). The van der Waals surface area contributed by atoms with Gasteiger partial charge in [-0.05, 0) is 17.0 Å². The summed E-state index contributed by atoms with van der Waals surface area (Å²) in [5.41, 5.74) is 2.41. The Hall–Kier alpha value is -2.14. The van der Waals surface area contributed by atoms with E-state index in [1.165, 1.54) is 5.56 Å².